The van der Waals surface area contributed by atoms with Crippen LogP contribution in [0.2, 0.25) is 0 Å². The zero-order valence-electron chi connectivity index (χ0n) is 23.1. The molecule has 1 aromatic carbocycles. The monoisotopic (exact) mass is 565 g/mol. The van der Waals surface area contributed by atoms with Crippen molar-refractivity contribution in [3.8, 4) is 0 Å². The van der Waals surface area contributed by atoms with E-state index in [1.807, 2.05) is 37.3 Å². The summed E-state index contributed by atoms with van der Waals surface area (Å²) in [6.07, 6.45) is 9.87. The van der Waals surface area contributed by atoms with Gasteiger partial charge >= 0.3 is 0 Å². The number of nitrogens with zero attached hydrogens (tertiary/aromatic N) is 2. The van der Waals surface area contributed by atoms with E-state index in [-0.39, 0.29) is 36.2 Å². The van der Waals surface area contributed by atoms with Crippen molar-refractivity contribution in [1.82, 2.24) is 20.5 Å². The molecule has 10 heteroatoms. The fourth-order valence-corrected chi connectivity index (χ4v) is 6.65. The molecule has 0 unspecified atom stereocenters. The number of ether oxygens (including phenoxy) is 1. The second-order valence-corrected chi connectivity index (χ2v) is 12.5. The first-order chi connectivity index (χ1) is 19.4. The van der Waals surface area contributed by atoms with E-state index in [0.29, 0.717) is 57.1 Å². The van der Waals surface area contributed by atoms with Crippen LogP contribution in [0.25, 0.3) is 0 Å². The molecule has 3 aliphatic heterocycles. The number of piperidine rings is 1. The van der Waals surface area contributed by atoms with Gasteiger partial charge in [0.2, 0.25) is 17.7 Å². The Morgan fingerprint density at radius 3 is 2.73 bits per heavy atom. The second kappa shape index (κ2) is 13.1. The summed E-state index contributed by atoms with van der Waals surface area (Å²) in [6.45, 7) is 4.74. The molecule has 2 aromatic rings. The highest BCUT2D eigenvalue weighted by molar-refractivity contribution is 7.15. The minimum Gasteiger partial charge on any atom is -0.381 e. The van der Waals surface area contributed by atoms with E-state index in [0.717, 1.165) is 23.3 Å². The quantitative estimate of drug-likeness (QED) is 0.481. The molecule has 2 saturated heterocycles. The Kier molecular flexibility index (Phi) is 9.29. The summed E-state index contributed by atoms with van der Waals surface area (Å²) in [5.41, 5.74) is 0.428. The van der Waals surface area contributed by atoms with E-state index in [1.165, 1.54) is 11.3 Å². The average Bonchev–Trinajstić information content (AvgIpc) is 3.36. The molecule has 5 rings (SSSR count). The van der Waals surface area contributed by atoms with Gasteiger partial charge in [0.25, 0.3) is 0 Å². The highest BCUT2D eigenvalue weighted by Crippen LogP contribution is 2.36. The predicted octanol–water partition coefficient (Wildman–Crippen LogP) is 3.07. The lowest BCUT2D eigenvalue weighted by Crippen LogP contribution is -2.58. The molecule has 0 radical (unpaired) electrons. The van der Waals surface area contributed by atoms with Crippen molar-refractivity contribution in [3.05, 3.63) is 59.1 Å². The Hall–Kier alpha value is -3.08. The van der Waals surface area contributed by atoms with Crippen molar-refractivity contribution in [2.75, 3.05) is 38.2 Å². The molecule has 0 aliphatic carbocycles. The molecule has 2 fully saturated rings. The smallest absolute Gasteiger partial charge is 0.243 e. The standard InChI is InChI=1S/C30H39N5O4S/c1-21-18-31-29(40-21)34-26(36)20-35-14-10-24-23(19-35)9-5-6-11-30(12-15-39-16-13-30)28(38)33-25(27(37)32-24)17-22-7-3-2-4-8-22/h2-8,18,23-25H,9-17,19-20H2,1H3,(H,32,37)(H,33,38)(H,31,34,36)/b6-5+/t23-,24-,25-/m0/s1. The maximum absolute atomic E-state index is 13.7. The highest BCUT2D eigenvalue weighted by atomic mass is 32.1. The predicted molar refractivity (Wildman–Crippen MR) is 155 cm³/mol. The summed E-state index contributed by atoms with van der Waals surface area (Å²) in [5.74, 6) is -0.135. The van der Waals surface area contributed by atoms with E-state index in [2.05, 4.69) is 38.0 Å². The number of carbonyl (C=O) groups excluding carboxylic acids is 3. The van der Waals surface area contributed by atoms with Crippen molar-refractivity contribution in [2.45, 2.75) is 57.5 Å². The number of fused-ring (bicyclic) bond motifs is 1. The first-order valence-electron chi connectivity index (χ1n) is 14.2. The Labute approximate surface area is 239 Å². The largest absolute Gasteiger partial charge is 0.381 e. The second-order valence-electron chi connectivity index (χ2n) is 11.2. The van der Waals surface area contributed by atoms with Crippen LogP contribution in [-0.4, -0.2) is 72.5 Å². The van der Waals surface area contributed by atoms with Crippen LogP contribution in [0.4, 0.5) is 5.13 Å². The number of carbonyl (C=O) groups is 3. The molecule has 0 bridgehead atoms. The number of benzene rings is 1. The Morgan fingerprint density at radius 1 is 1.18 bits per heavy atom. The number of likely N-dealkylation sites (tertiary alicyclic amines) is 1. The number of rotatable bonds is 5. The molecule has 40 heavy (non-hydrogen) atoms. The van der Waals surface area contributed by atoms with E-state index < -0.39 is 11.5 Å². The molecule has 4 heterocycles. The van der Waals surface area contributed by atoms with Gasteiger partial charge in [-0.2, -0.15) is 0 Å². The number of nitrogens with one attached hydrogen (secondary N) is 3. The van der Waals surface area contributed by atoms with Gasteiger partial charge in [-0.25, -0.2) is 4.98 Å². The SMILES string of the molecule is Cc1cnc(NC(=O)CN2CC[C@@H]3NC(=O)[C@H](Cc4ccccc4)NC(=O)C4(C/C=C/C[C@H]3C2)CCOCC4)s1. The number of thiazole rings is 1. The van der Waals surface area contributed by atoms with Crippen molar-refractivity contribution in [2.24, 2.45) is 11.3 Å². The lowest BCUT2D eigenvalue weighted by Gasteiger charge is -2.40. The Bertz CT molecular complexity index is 1210. The van der Waals surface area contributed by atoms with Gasteiger partial charge < -0.3 is 20.7 Å². The van der Waals surface area contributed by atoms with E-state index >= 15 is 0 Å². The van der Waals surface area contributed by atoms with Gasteiger partial charge in [0.05, 0.1) is 12.0 Å². The third-order valence-electron chi connectivity index (χ3n) is 8.33. The van der Waals surface area contributed by atoms with E-state index in [4.69, 9.17) is 4.74 Å². The number of hydrogen-bond donors (Lipinski definition) is 3. The van der Waals surface area contributed by atoms with Crippen molar-refractivity contribution in [1.29, 1.82) is 0 Å². The summed E-state index contributed by atoms with van der Waals surface area (Å²) in [7, 11) is 0. The van der Waals surface area contributed by atoms with Crippen LogP contribution in [0.1, 0.15) is 42.5 Å². The number of aryl methyl sites for hydroxylation is 1. The first kappa shape index (κ1) is 28.4. The lowest BCUT2D eigenvalue weighted by atomic mass is 9.75. The van der Waals surface area contributed by atoms with Crippen LogP contribution in [0.5, 0.6) is 0 Å². The molecule has 3 N–H and O–H groups in total. The van der Waals surface area contributed by atoms with Gasteiger partial charge in [-0.15, -0.1) is 11.3 Å². The molecule has 1 aromatic heterocycles. The molecule has 3 amide bonds. The van der Waals surface area contributed by atoms with Crippen LogP contribution in [0, 0.1) is 18.3 Å². The Balaban J connectivity index is 1.32. The fraction of sp³-hybridized carbons (Fsp3) is 0.533. The average molecular weight is 566 g/mol. The number of anilines is 1. The molecular weight excluding hydrogens is 526 g/mol. The summed E-state index contributed by atoms with van der Waals surface area (Å²) < 4.78 is 5.59. The minimum atomic E-state index is -0.663. The highest BCUT2D eigenvalue weighted by Gasteiger charge is 2.41. The van der Waals surface area contributed by atoms with Gasteiger partial charge in [0.15, 0.2) is 5.13 Å². The Morgan fingerprint density at radius 2 is 1.98 bits per heavy atom. The summed E-state index contributed by atoms with van der Waals surface area (Å²) >= 11 is 1.46. The van der Waals surface area contributed by atoms with E-state index in [1.54, 1.807) is 6.20 Å². The lowest BCUT2D eigenvalue weighted by molar-refractivity contribution is -0.140. The minimum absolute atomic E-state index is 0.0373. The number of amides is 3. The zero-order chi connectivity index (χ0) is 28.0. The van der Waals surface area contributed by atoms with Crippen LogP contribution >= 0.6 is 11.3 Å². The van der Waals surface area contributed by atoms with Crippen molar-refractivity contribution < 1.29 is 19.1 Å². The normalized spacial score (nSPS) is 26.5. The summed E-state index contributed by atoms with van der Waals surface area (Å²) in [6, 6.07) is 9.13. The zero-order valence-corrected chi connectivity index (χ0v) is 23.9. The van der Waals surface area contributed by atoms with Gasteiger partial charge in [-0.3, -0.25) is 19.3 Å². The molecule has 214 valence electrons. The van der Waals surface area contributed by atoms with Crippen molar-refractivity contribution in [3.63, 3.8) is 0 Å². The van der Waals surface area contributed by atoms with E-state index in [9.17, 15) is 14.4 Å². The molecule has 9 nitrogen and oxygen atoms in total. The van der Waals surface area contributed by atoms with Gasteiger partial charge in [-0.1, -0.05) is 42.5 Å². The maximum Gasteiger partial charge on any atom is 0.243 e. The number of allylic oxidation sites excluding steroid dienone is 2. The molecule has 3 aliphatic rings. The third-order valence-corrected chi connectivity index (χ3v) is 9.16. The third kappa shape index (κ3) is 7.16. The summed E-state index contributed by atoms with van der Waals surface area (Å²) in [5, 5.41) is 9.95. The molecule has 3 atom stereocenters. The maximum atomic E-state index is 13.7. The summed E-state index contributed by atoms with van der Waals surface area (Å²) in [4.78, 5) is 47.6. The van der Waals surface area contributed by atoms with Crippen LogP contribution in [0.15, 0.2) is 48.7 Å². The number of aromatic nitrogens is 1. The van der Waals surface area contributed by atoms with Gasteiger partial charge in [-0.05, 0) is 50.5 Å². The molecular formula is C30H39N5O4S. The molecule has 1 spiro atoms. The topological polar surface area (TPSA) is 113 Å². The van der Waals surface area contributed by atoms with Crippen molar-refractivity contribution >= 4 is 34.2 Å². The molecule has 0 saturated carbocycles. The fourth-order valence-electron chi connectivity index (χ4n) is 5.97. The van der Waals surface area contributed by atoms with Gasteiger partial charge in [0, 0.05) is 49.8 Å². The number of hydrogen-bond acceptors (Lipinski definition) is 7. The van der Waals surface area contributed by atoms with Crippen LogP contribution in [0.3, 0.4) is 0 Å². The van der Waals surface area contributed by atoms with Crippen LogP contribution in [-0.2, 0) is 25.5 Å². The first-order valence-corrected chi connectivity index (χ1v) is 15.0. The van der Waals surface area contributed by atoms with Gasteiger partial charge in [0.1, 0.15) is 6.04 Å². The van der Waals surface area contributed by atoms with Crippen LogP contribution < -0.4 is 16.0 Å².